The van der Waals surface area contributed by atoms with Gasteiger partial charge in [0.15, 0.2) is 5.78 Å². The molecule has 0 spiro atoms. The molecule has 9 heteroatoms. The molecule has 4 heterocycles. The molecule has 4 rings (SSSR count). The smallest absolute Gasteiger partial charge is 0.352 e. The van der Waals surface area contributed by atoms with E-state index in [1.165, 1.54) is 22.6 Å². The molecule has 4 atom stereocenters. The summed E-state index contributed by atoms with van der Waals surface area (Å²) in [6.45, 7) is 5.18. The fourth-order valence-corrected chi connectivity index (χ4v) is 5.41. The number of thiazole rings is 1. The average molecular weight is 389 g/mol. The fraction of sp³-hybridized carbons (Fsp3) is 0.444. The van der Waals surface area contributed by atoms with Crippen molar-refractivity contribution in [1.29, 1.82) is 0 Å². The van der Waals surface area contributed by atoms with Crippen LogP contribution in [-0.2, 0) is 9.59 Å². The van der Waals surface area contributed by atoms with E-state index in [1.807, 2.05) is 6.92 Å². The highest BCUT2D eigenvalue weighted by Gasteiger charge is 2.60. The molecule has 0 bridgehead atoms. The molecule has 2 N–H and O–H groups in total. The number of carboxylic acids is 1. The molecule has 2 aromatic rings. The number of aliphatic carboxylic acids is 1. The van der Waals surface area contributed by atoms with Crippen LogP contribution in [0.1, 0.15) is 42.6 Å². The Balaban J connectivity index is 1.84. The van der Waals surface area contributed by atoms with E-state index in [-0.39, 0.29) is 29.3 Å². The van der Waals surface area contributed by atoms with Gasteiger partial charge in [-0.1, -0.05) is 13.8 Å². The maximum absolute atomic E-state index is 12.4. The van der Waals surface area contributed by atoms with Gasteiger partial charge in [0.2, 0.25) is 5.91 Å². The highest BCUT2D eigenvalue weighted by Crippen LogP contribution is 2.51. The summed E-state index contributed by atoms with van der Waals surface area (Å²) in [6, 6.07) is -0.366. The van der Waals surface area contributed by atoms with Gasteiger partial charge in [-0.05, 0) is 6.92 Å². The average Bonchev–Trinajstić information content (AvgIpc) is 3.23. The van der Waals surface area contributed by atoms with Crippen molar-refractivity contribution < 1.29 is 24.6 Å². The van der Waals surface area contributed by atoms with E-state index in [1.54, 1.807) is 24.4 Å². The van der Waals surface area contributed by atoms with E-state index in [9.17, 15) is 24.6 Å². The number of nitrogens with zero attached hydrogens (tertiary/aromatic N) is 3. The normalized spacial score (nSPS) is 25.7. The summed E-state index contributed by atoms with van der Waals surface area (Å²) >= 11 is 1.30. The lowest BCUT2D eigenvalue weighted by Gasteiger charge is -2.46. The summed E-state index contributed by atoms with van der Waals surface area (Å²) in [5.74, 6) is -2.45. The van der Waals surface area contributed by atoms with Crippen molar-refractivity contribution >= 4 is 39.4 Å². The number of carbonyl (C=O) groups is 3. The first-order chi connectivity index (χ1) is 12.8. The van der Waals surface area contributed by atoms with Crippen LogP contribution in [0.15, 0.2) is 18.2 Å². The molecule has 1 amide bonds. The Labute approximate surface area is 158 Å². The lowest BCUT2D eigenvalue weighted by Crippen LogP contribution is -2.63. The van der Waals surface area contributed by atoms with E-state index in [2.05, 4.69) is 4.98 Å². The highest BCUT2D eigenvalue weighted by atomic mass is 32.1. The predicted octanol–water partition coefficient (Wildman–Crippen LogP) is 1.64. The van der Waals surface area contributed by atoms with Gasteiger partial charge < -0.3 is 15.1 Å². The van der Waals surface area contributed by atoms with E-state index < -0.39 is 18.0 Å². The van der Waals surface area contributed by atoms with Crippen molar-refractivity contribution in [3.8, 4) is 0 Å². The number of fused-ring (bicyclic) bond motifs is 2. The number of aliphatic hydroxyl groups is 1. The summed E-state index contributed by atoms with van der Waals surface area (Å²) in [4.78, 5) is 43.2. The number of hydrogen-bond acceptors (Lipinski definition) is 6. The molecule has 0 radical (unpaired) electrons. The molecule has 0 aromatic carbocycles. The molecule has 1 saturated heterocycles. The molecule has 1 fully saturated rings. The summed E-state index contributed by atoms with van der Waals surface area (Å²) in [7, 11) is 0. The van der Waals surface area contributed by atoms with Crippen LogP contribution in [0.25, 0.3) is 10.4 Å². The van der Waals surface area contributed by atoms with Gasteiger partial charge in [-0.25, -0.2) is 9.78 Å². The number of rotatable bonds is 5. The first-order valence-corrected chi connectivity index (χ1v) is 9.58. The lowest BCUT2D eigenvalue weighted by atomic mass is 9.77. The van der Waals surface area contributed by atoms with Crippen molar-refractivity contribution in [3.05, 3.63) is 28.8 Å². The SMILES string of the molecule is CCC(=O)c1ncn2cc(C3=C(C(=O)O)N4C(=O)[C@H]([C@@H](C)O)[C@H]4[C@H]3C)sc12. The summed E-state index contributed by atoms with van der Waals surface area (Å²) in [5, 5.41) is 19.7. The number of carbonyl (C=O) groups excluding carboxylic acids is 2. The first kappa shape index (κ1) is 17.9. The van der Waals surface area contributed by atoms with Crippen molar-refractivity contribution in [1.82, 2.24) is 14.3 Å². The Hall–Kier alpha value is -2.52. The number of aromatic nitrogens is 2. The number of hydrogen-bond donors (Lipinski definition) is 2. The number of amides is 1. The third-order valence-corrected chi connectivity index (χ3v) is 6.58. The quantitative estimate of drug-likeness (QED) is 0.594. The molecular formula is C18H19N3O5S. The van der Waals surface area contributed by atoms with Crippen molar-refractivity contribution in [2.24, 2.45) is 11.8 Å². The van der Waals surface area contributed by atoms with Crippen LogP contribution in [0.3, 0.4) is 0 Å². The second-order valence-corrected chi connectivity index (χ2v) is 8.03. The second-order valence-electron chi connectivity index (χ2n) is 7.00. The van der Waals surface area contributed by atoms with Crippen LogP contribution in [0.4, 0.5) is 0 Å². The summed E-state index contributed by atoms with van der Waals surface area (Å²) in [6.07, 6.45) is 2.78. The van der Waals surface area contributed by atoms with Crippen LogP contribution < -0.4 is 0 Å². The van der Waals surface area contributed by atoms with Gasteiger partial charge in [0.05, 0.1) is 22.9 Å². The molecular weight excluding hydrogens is 370 g/mol. The summed E-state index contributed by atoms with van der Waals surface area (Å²) < 4.78 is 1.71. The third-order valence-electron chi connectivity index (χ3n) is 5.44. The molecule has 2 aromatic heterocycles. The monoisotopic (exact) mass is 389 g/mol. The Morgan fingerprint density at radius 1 is 1.41 bits per heavy atom. The van der Waals surface area contributed by atoms with E-state index >= 15 is 0 Å². The van der Waals surface area contributed by atoms with Crippen LogP contribution in [-0.4, -0.2) is 54.3 Å². The minimum absolute atomic E-state index is 0.0322. The molecule has 0 saturated carbocycles. The van der Waals surface area contributed by atoms with Crippen LogP contribution >= 0.6 is 11.3 Å². The molecule has 2 aliphatic heterocycles. The zero-order chi connectivity index (χ0) is 19.6. The lowest BCUT2D eigenvalue weighted by molar-refractivity contribution is -0.163. The van der Waals surface area contributed by atoms with Gasteiger partial charge in [0.25, 0.3) is 0 Å². The number of imidazole rings is 1. The Bertz CT molecular complexity index is 1020. The van der Waals surface area contributed by atoms with Gasteiger partial charge in [-0.2, -0.15) is 0 Å². The standard InChI is InChI=1S/C18H19N3O5S/c1-4-9(23)13-17-20(6-19-13)5-10(27-17)11-7(2)14-12(8(3)22)16(24)21(14)15(11)18(25)26/h5-8,12,14,22H,4H2,1-3H3,(H,25,26)/t7-,8+,12+,14+/m0/s1. The molecule has 0 unspecified atom stereocenters. The minimum Gasteiger partial charge on any atom is -0.477 e. The number of β-lactam (4-membered cyclic amide) rings is 1. The Morgan fingerprint density at radius 3 is 2.70 bits per heavy atom. The zero-order valence-electron chi connectivity index (χ0n) is 15.0. The highest BCUT2D eigenvalue weighted by molar-refractivity contribution is 7.18. The number of aliphatic hydroxyl groups excluding tert-OH is 1. The second kappa shape index (κ2) is 6.00. The van der Waals surface area contributed by atoms with E-state index in [4.69, 9.17) is 0 Å². The van der Waals surface area contributed by atoms with Gasteiger partial charge in [-0.3, -0.25) is 14.0 Å². The number of carboxylic acid groups (broad SMARTS) is 1. The molecule has 27 heavy (non-hydrogen) atoms. The Morgan fingerprint density at radius 2 is 2.11 bits per heavy atom. The van der Waals surface area contributed by atoms with Crippen molar-refractivity contribution in [2.45, 2.75) is 39.3 Å². The zero-order valence-corrected chi connectivity index (χ0v) is 15.9. The van der Waals surface area contributed by atoms with E-state index in [0.29, 0.717) is 27.4 Å². The van der Waals surface area contributed by atoms with Crippen molar-refractivity contribution in [3.63, 3.8) is 0 Å². The van der Waals surface area contributed by atoms with Gasteiger partial charge in [0.1, 0.15) is 22.5 Å². The van der Waals surface area contributed by atoms with Crippen molar-refractivity contribution in [2.75, 3.05) is 0 Å². The largest absolute Gasteiger partial charge is 0.477 e. The maximum atomic E-state index is 12.4. The molecule has 142 valence electrons. The van der Waals surface area contributed by atoms with Crippen LogP contribution in [0.5, 0.6) is 0 Å². The van der Waals surface area contributed by atoms with Crippen LogP contribution in [0, 0.1) is 11.8 Å². The molecule has 8 nitrogen and oxygen atoms in total. The first-order valence-electron chi connectivity index (χ1n) is 8.76. The van der Waals surface area contributed by atoms with Gasteiger partial charge in [0, 0.05) is 24.1 Å². The Kier molecular flexibility index (Phi) is 3.97. The van der Waals surface area contributed by atoms with E-state index in [0.717, 1.165) is 0 Å². The number of Topliss-reactive ketones (excluding diaryl/α,β-unsaturated/α-hetero) is 1. The third kappa shape index (κ3) is 2.31. The summed E-state index contributed by atoms with van der Waals surface area (Å²) in [5.41, 5.74) is 0.904. The van der Waals surface area contributed by atoms with Gasteiger partial charge >= 0.3 is 5.97 Å². The number of ketones is 1. The topological polar surface area (TPSA) is 112 Å². The molecule has 2 aliphatic rings. The molecule has 0 aliphatic carbocycles. The maximum Gasteiger partial charge on any atom is 0.352 e. The van der Waals surface area contributed by atoms with Crippen LogP contribution in [0.2, 0.25) is 0 Å². The van der Waals surface area contributed by atoms with Gasteiger partial charge in [-0.15, -0.1) is 11.3 Å². The predicted molar refractivity (Wildman–Crippen MR) is 97.2 cm³/mol. The fourth-order valence-electron chi connectivity index (χ4n) is 4.18. The minimum atomic E-state index is -1.17.